The molecule has 0 saturated heterocycles. The fraction of sp³-hybridized carbons (Fsp3) is 0.918. The van der Waals surface area contributed by atoms with Gasteiger partial charge in [-0.05, 0) is 64.2 Å². The Kier molecular flexibility index (Phi) is 68.2. The molecule has 0 aromatic rings. The van der Waals surface area contributed by atoms with Crippen LogP contribution in [0.3, 0.4) is 0 Å². The van der Waals surface area contributed by atoms with E-state index in [0.29, 0.717) is 12.8 Å². The Morgan fingerprint density at radius 2 is 0.474 bits per heavy atom. The van der Waals surface area contributed by atoms with Gasteiger partial charge in [-0.15, -0.1) is 0 Å². The minimum absolute atomic E-state index is 0.0584. The number of rotatable bonds is 68. The molecular formula is C73H140O5. The molecule has 1 N–H and O–H groups in total. The molecule has 0 radical (unpaired) electrons. The largest absolute Gasteiger partial charge is 0.462 e. The Bertz CT molecular complexity index is 1200. The molecule has 0 spiro atoms. The number of carbonyl (C=O) groups is 2. The van der Waals surface area contributed by atoms with E-state index in [1.54, 1.807) is 0 Å². The Morgan fingerprint density at radius 3 is 0.692 bits per heavy atom. The maximum Gasteiger partial charge on any atom is 0.306 e. The number of ether oxygens (including phenoxy) is 2. The normalized spacial score (nSPS) is 12.2. The quantitative estimate of drug-likeness (QED) is 0.0373. The summed E-state index contributed by atoms with van der Waals surface area (Å²) in [7, 11) is 0. The first-order chi connectivity index (χ1) is 38.6. The molecule has 1 unspecified atom stereocenters. The van der Waals surface area contributed by atoms with Gasteiger partial charge in [0.2, 0.25) is 0 Å². The molecule has 0 amide bonds. The highest BCUT2D eigenvalue weighted by Crippen LogP contribution is 2.19. The van der Waals surface area contributed by atoms with Gasteiger partial charge in [0.15, 0.2) is 6.10 Å². The van der Waals surface area contributed by atoms with Crippen LogP contribution < -0.4 is 0 Å². The Balaban J connectivity index is 3.36. The van der Waals surface area contributed by atoms with Gasteiger partial charge in [-0.25, -0.2) is 0 Å². The van der Waals surface area contributed by atoms with Crippen molar-refractivity contribution in [1.29, 1.82) is 0 Å². The number of hydrogen-bond donors (Lipinski definition) is 1. The lowest BCUT2D eigenvalue weighted by Gasteiger charge is -2.15. The minimum atomic E-state index is -0.769. The van der Waals surface area contributed by atoms with Crippen molar-refractivity contribution in [2.24, 2.45) is 0 Å². The predicted octanol–water partition coefficient (Wildman–Crippen LogP) is 24.8. The lowest BCUT2D eigenvalue weighted by molar-refractivity contribution is -0.161. The highest BCUT2D eigenvalue weighted by molar-refractivity contribution is 5.70. The molecule has 0 aliphatic rings. The summed E-state index contributed by atoms with van der Waals surface area (Å²) in [5, 5.41) is 9.70. The van der Waals surface area contributed by atoms with Crippen molar-refractivity contribution in [3.8, 4) is 0 Å². The summed E-state index contributed by atoms with van der Waals surface area (Å²) in [6.07, 6.45) is 90.9. The third-order valence-corrected chi connectivity index (χ3v) is 16.7. The van der Waals surface area contributed by atoms with E-state index in [-0.39, 0.29) is 25.2 Å². The summed E-state index contributed by atoms with van der Waals surface area (Å²) < 4.78 is 10.8. The van der Waals surface area contributed by atoms with Gasteiger partial charge < -0.3 is 14.6 Å². The summed E-state index contributed by atoms with van der Waals surface area (Å²) in [5.74, 6) is -0.564. The van der Waals surface area contributed by atoms with Gasteiger partial charge in [-0.3, -0.25) is 9.59 Å². The van der Waals surface area contributed by atoms with E-state index in [1.807, 2.05) is 0 Å². The van der Waals surface area contributed by atoms with E-state index in [4.69, 9.17) is 9.47 Å². The van der Waals surface area contributed by atoms with Crippen molar-refractivity contribution in [2.45, 2.75) is 418 Å². The second kappa shape index (κ2) is 69.6. The number of carbonyl (C=O) groups excluding carboxylic acids is 2. The standard InChI is InChI=1S/C73H140O5/c1-3-5-7-9-11-13-15-17-19-21-23-25-27-29-31-32-33-34-35-36-37-38-39-40-42-44-46-48-50-52-54-56-58-60-62-64-66-68-73(76)78-71(69-74)70-77-72(75)67-65-63-61-59-57-55-53-51-49-47-45-43-41-30-28-26-24-22-20-18-16-14-12-10-8-6-4-2/h21-24,71,74H,3-20,25-70H2,1-2H3/b23-21-,24-22-. The first-order valence-electron chi connectivity index (χ1n) is 35.9. The van der Waals surface area contributed by atoms with E-state index in [1.165, 1.54) is 347 Å². The van der Waals surface area contributed by atoms with Crippen molar-refractivity contribution in [2.75, 3.05) is 13.2 Å². The molecule has 0 aliphatic heterocycles. The van der Waals surface area contributed by atoms with Crippen LogP contribution >= 0.6 is 0 Å². The Hall–Kier alpha value is -1.62. The van der Waals surface area contributed by atoms with Crippen LogP contribution in [0.15, 0.2) is 24.3 Å². The van der Waals surface area contributed by atoms with Gasteiger partial charge in [0.1, 0.15) is 6.61 Å². The molecule has 462 valence electrons. The van der Waals surface area contributed by atoms with Gasteiger partial charge >= 0.3 is 11.9 Å². The maximum atomic E-state index is 12.4. The molecule has 0 aliphatic carbocycles. The monoisotopic (exact) mass is 1100 g/mol. The third-order valence-electron chi connectivity index (χ3n) is 16.7. The lowest BCUT2D eigenvalue weighted by atomic mass is 10.0. The number of aliphatic hydroxyl groups excluding tert-OH is 1. The highest BCUT2D eigenvalue weighted by Gasteiger charge is 2.16. The van der Waals surface area contributed by atoms with Crippen LogP contribution in [0, 0.1) is 0 Å². The molecule has 0 bridgehead atoms. The van der Waals surface area contributed by atoms with E-state index in [0.717, 1.165) is 38.5 Å². The zero-order valence-electron chi connectivity index (χ0n) is 53.2. The Morgan fingerprint density at radius 1 is 0.282 bits per heavy atom. The second-order valence-corrected chi connectivity index (χ2v) is 24.7. The summed E-state index contributed by atoms with van der Waals surface area (Å²) >= 11 is 0. The van der Waals surface area contributed by atoms with E-state index in [2.05, 4.69) is 38.2 Å². The van der Waals surface area contributed by atoms with Gasteiger partial charge in [0.25, 0.3) is 0 Å². The van der Waals surface area contributed by atoms with Crippen LogP contribution in [-0.2, 0) is 19.1 Å². The number of hydrogen-bond acceptors (Lipinski definition) is 5. The van der Waals surface area contributed by atoms with Crippen molar-refractivity contribution in [3.63, 3.8) is 0 Å². The molecule has 0 aromatic carbocycles. The van der Waals surface area contributed by atoms with Crippen molar-refractivity contribution < 1.29 is 24.2 Å². The van der Waals surface area contributed by atoms with Crippen molar-refractivity contribution in [3.05, 3.63) is 24.3 Å². The molecule has 0 rings (SSSR count). The number of esters is 2. The fourth-order valence-electron chi connectivity index (χ4n) is 11.3. The number of unbranched alkanes of at least 4 members (excludes halogenated alkanes) is 56. The number of allylic oxidation sites excluding steroid dienone is 4. The summed E-state index contributed by atoms with van der Waals surface area (Å²) in [6, 6.07) is 0. The van der Waals surface area contributed by atoms with Crippen LogP contribution in [-0.4, -0.2) is 36.4 Å². The van der Waals surface area contributed by atoms with E-state index in [9.17, 15) is 14.7 Å². The SMILES string of the molecule is CCCCCCCCCC/C=C\CCCCCCCCCCCCCCCCCCCCCCCCCCCC(=O)OC(CO)COC(=O)CCCCCCCCCCCCCCCCC/C=C\CCCCCCCCCC. The van der Waals surface area contributed by atoms with Crippen LogP contribution in [0.4, 0.5) is 0 Å². The zero-order chi connectivity index (χ0) is 56.2. The topological polar surface area (TPSA) is 72.8 Å². The fourth-order valence-corrected chi connectivity index (χ4v) is 11.3. The molecule has 0 aromatic heterocycles. The average molecular weight is 1100 g/mol. The highest BCUT2D eigenvalue weighted by atomic mass is 16.6. The third kappa shape index (κ3) is 66.9. The molecule has 1 atom stereocenters. The summed E-state index contributed by atoms with van der Waals surface area (Å²) in [6.45, 7) is 4.21. The lowest BCUT2D eigenvalue weighted by Crippen LogP contribution is -2.28. The Labute approximate surface area is 489 Å². The molecule has 0 fully saturated rings. The summed E-state index contributed by atoms with van der Waals surface area (Å²) in [4.78, 5) is 24.6. The maximum absolute atomic E-state index is 12.4. The first-order valence-corrected chi connectivity index (χ1v) is 35.9. The summed E-state index contributed by atoms with van der Waals surface area (Å²) in [5.41, 5.74) is 0. The molecule has 5 heteroatoms. The molecule has 78 heavy (non-hydrogen) atoms. The van der Waals surface area contributed by atoms with Crippen LogP contribution in [0.25, 0.3) is 0 Å². The molecule has 0 heterocycles. The first kappa shape index (κ1) is 76.4. The van der Waals surface area contributed by atoms with E-state index < -0.39 is 6.10 Å². The van der Waals surface area contributed by atoms with Crippen LogP contribution in [0.2, 0.25) is 0 Å². The minimum Gasteiger partial charge on any atom is -0.462 e. The molecular weight excluding hydrogens is 957 g/mol. The average Bonchev–Trinajstić information content (AvgIpc) is 3.44. The second-order valence-electron chi connectivity index (χ2n) is 24.7. The van der Waals surface area contributed by atoms with Crippen LogP contribution in [0.1, 0.15) is 412 Å². The zero-order valence-corrected chi connectivity index (χ0v) is 53.2. The van der Waals surface area contributed by atoms with Gasteiger partial charge in [-0.1, -0.05) is 359 Å². The van der Waals surface area contributed by atoms with Crippen molar-refractivity contribution >= 4 is 11.9 Å². The predicted molar refractivity (Wildman–Crippen MR) is 344 cm³/mol. The van der Waals surface area contributed by atoms with Gasteiger partial charge in [-0.2, -0.15) is 0 Å². The van der Waals surface area contributed by atoms with E-state index >= 15 is 0 Å². The smallest absolute Gasteiger partial charge is 0.306 e. The number of aliphatic hydroxyl groups is 1. The molecule has 5 nitrogen and oxygen atoms in total. The van der Waals surface area contributed by atoms with Gasteiger partial charge in [0, 0.05) is 12.8 Å². The van der Waals surface area contributed by atoms with Gasteiger partial charge in [0.05, 0.1) is 6.61 Å². The van der Waals surface area contributed by atoms with Crippen molar-refractivity contribution in [1.82, 2.24) is 0 Å². The molecule has 0 saturated carbocycles. The van der Waals surface area contributed by atoms with Crippen LogP contribution in [0.5, 0.6) is 0 Å².